The van der Waals surface area contributed by atoms with Crippen molar-refractivity contribution >= 4 is 71.2 Å². The van der Waals surface area contributed by atoms with Crippen LogP contribution in [0.4, 0.5) is 21.5 Å². The third-order valence-electron chi connectivity index (χ3n) is 14.2. The van der Waals surface area contributed by atoms with Crippen molar-refractivity contribution in [2.24, 2.45) is 0 Å². The molecule has 1 aliphatic rings. The standard InChI is InChI=1S/C63H43FN2/c1-63(2)59-17-9-7-15-54(59)55-35-33-48(39-60(55)63)65(45-28-21-41(22-29-45)40-19-26-44(64)27-20-40)46-30-23-42(24-31-46)43-25-36-62-58(37-43)56-16-8-10-18-61(56)66(62)47-32-34-53-51-13-4-3-11-49(51)50-12-5-6-14-52(50)57(53)38-47/h3-39H,1-2H3. The average molecular weight is 847 g/mol. The molecule has 1 aliphatic carbocycles. The summed E-state index contributed by atoms with van der Waals surface area (Å²) in [6, 6.07) is 80.2. The maximum absolute atomic E-state index is 13.8. The van der Waals surface area contributed by atoms with E-state index in [0.29, 0.717) is 0 Å². The number of benzene rings is 11. The lowest BCUT2D eigenvalue weighted by Crippen LogP contribution is -2.16. The normalized spacial score (nSPS) is 12.9. The Bertz CT molecular complexity index is 3860. The summed E-state index contributed by atoms with van der Waals surface area (Å²) < 4.78 is 16.3. The molecule has 0 bridgehead atoms. The molecule has 312 valence electrons. The van der Waals surface area contributed by atoms with Crippen molar-refractivity contribution < 1.29 is 4.39 Å². The van der Waals surface area contributed by atoms with E-state index in [1.165, 1.54) is 94.1 Å². The first-order chi connectivity index (χ1) is 32.4. The lowest BCUT2D eigenvalue weighted by molar-refractivity contribution is 0.628. The summed E-state index contributed by atoms with van der Waals surface area (Å²) in [6.07, 6.45) is 0. The highest BCUT2D eigenvalue weighted by atomic mass is 19.1. The van der Waals surface area contributed by atoms with Gasteiger partial charge in [0.2, 0.25) is 0 Å². The Balaban J connectivity index is 0.908. The minimum Gasteiger partial charge on any atom is -0.310 e. The molecular formula is C63H43FN2. The molecule has 0 unspecified atom stereocenters. The minimum absolute atomic E-state index is 0.136. The van der Waals surface area contributed by atoms with Crippen LogP contribution in [-0.2, 0) is 5.41 Å². The summed E-state index contributed by atoms with van der Waals surface area (Å²) in [5, 5.41) is 10.1. The molecule has 0 radical (unpaired) electrons. The smallest absolute Gasteiger partial charge is 0.123 e. The van der Waals surface area contributed by atoms with Crippen LogP contribution in [0.5, 0.6) is 0 Å². The Morgan fingerprint density at radius 3 is 1.50 bits per heavy atom. The Hall–Kier alpha value is -8.27. The van der Waals surface area contributed by atoms with Crippen LogP contribution in [0.3, 0.4) is 0 Å². The molecule has 3 heteroatoms. The number of hydrogen-bond acceptors (Lipinski definition) is 1. The fourth-order valence-corrected chi connectivity index (χ4v) is 11.0. The second-order valence-electron chi connectivity index (χ2n) is 18.2. The molecule has 0 saturated carbocycles. The van der Waals surface area contributed by atoms with Gasteiger partial charge in [-0.3, -0.25) is 0 Å². The van der Waals surface area contributed by atoms with Crippen molar-refractivity contribution in [3.05, 3.63) is 241 Å². The van der Waals surface area contributed by atoms with Crippen LogP contribution < -0.4 is 4.90 Å². The summed E-state index contributed by atoms with van der Waals surface area (Å²) in [6.45, 7) is 4.66. The molecule has 66 heavy (non-hydrogen) atoms. The monoisotopic (exact) mass is 846 g/mol. The summed E-state index contributed by atoms with van der Waals surface area (Å²) in [5.74, 6) is -0.234. The van der Waals surface area contributed by atoms with E-state index in [9.17, 15) is 4.39 Å². The highest BCUT2D eigenvalue weighted by molar-refractivity contribution is 6.25. The number of rotatable bonds is 6. The second-order valence-corrected chi connectivity index (χ2v) is 18.2. The van der Waals surface area contributed by atoms with Crippen molar-refractivity contribution in [1.29, 1.82) is 0 Å². The fraction of sp³-hybridized carbons (Fsp3) is 0.0476. The second kappa shape index (κ2) is 14.6. The Morgan fingerprint density at radius 1 is 0.348 bits per heavy atom. The zero-order valence-corrected chi connectivity index (χ0v) is 36.6. The lowest BCUT2D eigenvalue weighted by Gasteiger charge is -2.28. The molecule has 0 aliphatic heterocycles. The molecule has 1 heterocycles. The van der Waals surface area contributed by atoms with Gasteiger partial charge in [-0.15, -0.1) is 0 Å². The van der Waals surface area contributed by atoms with Crippen LogP contribution in [0.1, 0.15) is 25.0 Å². The number of fused-ring (bicyclic) bond motifs is 12. The van der Waals surface area contributed by atoms with Gasteiger partial charge in [0.15, 0.2) is 0 Å². The van der Waals surface area contributed by atoms with Crippen LogP contribution in [0.2, 0.25) is 0 Å². The van der Waals surface area contributed by atoms with Crippen LogP contribution in [0.25, 0.3) is 93.2 Å². The maximum Gasteiger partial charge on any atom is 0.123 e. The molecule has 13 rings (SSSR count). The molecule has 0 fully saturated rings. The van der Waals surface area contributed by atoms with E-state index >= 15 is 0 Å². The zero-order valence-electron chi connectivity index (χ0n) is 36.6. The van der Waals surface area contributed by atoms with Gasteiger partial charge in [0.05, 0.1) is 11.0 Å². The highest BCUT2D eigenvalue weighted by Crippen LogP contribution is 2.51. The number of nitrogens with zero attached hydrogens (tertiary/aromatic N) is 2. The van der Waals surface area contributed by atoms with Gasteiger partial charge in [-0.2, -0.15) is 0 Å². The molecule has 11 aromatic carbocycles. The van der Waals surface area contributed by atoms with E-state index in [1.807, 2.05) is 12.1 Å². The van der Waals surface area contributed by atoms with Crippen molar-refractivity contribution in [3.8, 4) is 39.1 Å². The molecule has 0 saturated heterocycles. The van der Waals surface area contributed by atoms with Crippen molar-refractivity contribution in [3.63, 3.8) is 0 Å². The van der Waals surface area contributed by atoms with Gasteiger partial charge < -0.3 is 9.47 Å². The predicted octanol–water partition coefficient (Wildman–Crippen LogP) is 17.5. The van der Waals surface area contributed by atoms with Gasteiger partial charge in [0.1, 0.15) is 5.82 Å². The molecular weight excluding hydrogens is 804 g/mol. The summed E-state index contributed by atoms with van der Waals surface area (Å²) in [7, 11) is 0. The van der Waals surface area contributed by atoms with Crippen LogP contribution in [-0.4, -0.2) is 4.57 Å². The first-order valence-electron chi connectivity index (χ1n) is 22.8. The van der Waals surface area contributed by atoms with Crippen molar-refractivity contribution in [1.82, 2.24) is 4.57 Å². The van der Waals surface area contributed by atoms with Gasteiger partial charge in [-0.25, -0.2) is 4.39 Å². The SMILES string of the molecule is CC1(C)c2ccccc2-c2ccc(N(c3ccc(-c4ccc(F)cc4)cc3)c3ccc(-c4ccc5c(c4)c4ccccc4n5-c4ccc5c6ccccc6c6ccccc6c5c4)cc3)cc21. The molecule has 0 amide bonds. The minimum atomic E-state index is -0.234. The Morgan fingerprint density at radius 2 is 0.833 bits per heavy atom. The zero-order chi connectivity index (χ0) is 44.1. The predicted molar refractivity (Wildman–Crippen MR) is 276 cm³/mol. The van der Waals surface area contributed by atoms with Crippen LogP contribution in [0.15, 0.2) is 224 Å². The number of halogens is 1. The van der Waals surface area contributed by atoms with Gasteiger partial charge in [0, 0.05) is 38.9 Å². The number of para-hydroxylation sites is 1. The average Bonchev–Trinajstić information content (AvgIpc) is 3.82. The van der Waals surface area contributed by atoms with E-state index in [2.05, 4.69) is 224 Å². The summed E-state index contributed by atoms with van der Waals surface area (Å²) in [5.41, 5.74) is 16.2. The largest absolute Gasteiger partial charge is 0.310 e. The van der Waals surface area contributed by atoms with E-state index < -0.39 is 0 Å². The van der Waals surface area contributed by atoms with E-state index in [0.717, 1.165) is 39.4 Å². The molecule has 2 nitrogen and oxygen atoms in total. The number of aromatic nitrogens is 1. The molecule has 0 spiro atoms. The van der Waals surface area contributed by atoms with Crippen LogP contribution in [0, 0.1) is 5.82 Å². The molecule has 0 atom stereocenters. The topological polar surface area (TPSA) is 8.17 Å². The first kappa shape index (κ1) is 38.2. The quantitative estimate of drug-likeness (QED) is 0.151. The van der Waals surface area contributed by atoms with E-state index in [-0.39, 0.29) is 11.2 Å². The Kier molecular flexibility index (Phi) is 8.47. The fourth-order valence-electron chi connectivity index (χ4n) is 11.0. The Labute approximate surface area is 383 Å². The van der Waals surface area contributed by atoms with Gasteiger partial charge in [-0.1, -0.05) is 159 Å². The summed E-state index contributed by atoms with van der Waals surface area (Å²) in [4.78, 5) is 2.35. The van der Waals surface area contributed by atoms with Gasteiger partial charge in [0.25, 0.3) is 0 Å². The number of anilines is 3. The third-order valence-corrected chi connectivity index (χ3v) is 14.2. The first-order valence-corrected chi connectivity index (χ1v) is 22.8. The highest BCUT2D eigenvalue weighted by Gasteiger charge is 2.35. The molecule has 12 aromatic rings. The van der Waals surface area contributed by atoms with E-state index in [1.54, 1.807) is 0 Å². The summed E-state index contributed by atoms with van der Waals surface area (Å²) >= 11 is 0. The van der Waals surface area contributed by atoms with Gasteiger partial charge in [-0.05, 0) is 156 Å². The van der Waals surface area contributed by atoms with Crippen molar-refractivity contribution in [2.75, 3.05) is 4.90 Å². The molecule has 0 N–H and O–H groups in total. The lowest BCUT2D eigenvalue weighted by atomic mass is 9.82. The van der Waals surface area contributed by atoms with E-state index in [4.69, 9.17) is 0 Å². The number of hydrogen-bond donors (Lipinski definition) is 0. The third kappa shape index (κ3) is 5.86. The van der Waals surface area contributed by atoms with Gasteiger partial charge >= 0.3 is 0 Å². The van der Waals surface area contributed by atoms with Crippen molar-refractivity contribution in [2.45, 2.75) is 19.3 Å². The maximum atomic E-state index is 13.8. The van der Waals surface area contributed by atoms with Crippen LogP contribution >= 0.6 is 0 Å². The molecule has 1 aromatic heterocycles.